The summed E-state index contributed by atoms with van der Waals surface area (Å²) in [6, 6.07) is 17.9. The van der Waals surface area contributed by atoms with Gasteiger partial charge < -0.3 is 0 Å². The van der Waals surface area contributed by atoms with Crippen LogP contribution in [0.15, 0.2) is 60.9 Å². The third-order valence-electron chi connectivity index (χ3n) is 4.99. The first-order valence-electron chi connectivity index (χ1n) is 9.21. The predicted octanol–water partition coefficient (Wildman–Crippen LogP) is 4.80. The van der Waals surface area contributed by atoms with E-state index in [-0.39, 0.29) is 18.0 Å². The van der Waals surface area contributed by atoms with Gasteiger partial charge in [-0.3, -0.25) is 9.69 Å². The molecule has 0 aliphatic carbocycles. The second kappa shape index (κ2) is 7.53. The minimum Gasteiger partial charge on any atom is -0.274 e. The molecule has 0 spiro atoms. The number of fused-ring (bicyclic) bond motifs is 1. The molecule has 1 amide bonds. The molecule has 2 atom stereocenters. The predicted molar refractivity (Wildman–Crippen MR) is 106 cm³/mol. The van der Waals surface area contributed by atoms with E-state index in [9.17, 15) is 4.79 Å². The molecule has 5 nitrogen and oxygen atoms in total. The number of carbonyl (C=O) groups excluding carboxylic acids is 1. The molecule has 3 aromatic rings. The lowest BCUT2D eigenvalue weighted by atomic mass is 9.91. The van der Waals surface area contributed by atoms with Crippen molar-refractivity contribution in [3.05, 3.63) is 77.1 Å². The van der Waals surface area contributed by atoms with Crippen LogP contribution in [0.1, 0.15) is 49.4 Å². The fourth-order valence-electron chi connectivity index (χ4n) is 3.73. The maximum absolute atomic E-state index is 13.0. The number of hydrogen-bond donors (Lipinski definition) is 0. The summed E-state index contributed by atoms with van der Waals surface area (Å²) in [6.07, 6.45) is 3.53. The molecule has 1 aliphatic heterocycles. The van der Waals surface area contributed by atoms with E-state index >= 15 is 0 Å². The standard InChI is InChI=1S/C21H21ClN4O/c1-2-6-20(27)25-18(16-9-11-17(22)12-10-16)13-19(15-7-4-3-5-8-15)26-21(25)23-14-24-26/h3-5,7-12,14,18-19H,2,6,13H2,1H3/t18-,19-/m1/s1. The summed E-state index contributed by atoms with van der Waals surface area (Å²) in [5.74, 6) is 0.673. The molecular formula is C21H21ClN4O. The van der Waals surface area contributed by atoms with Crippen LogP contribution in [0.4, 0.5) is 5.95 Å². The second-order valence-electron chi connectivity index (χ2n) is 6.75. The number of benzene rings is 2. The van der Waals surface area contributed by atoms with Gasteiger partial charge in [0.25, 0.3) is 0 Å². The van der Waals surface area contributed by atoms with Gasteiger partial charge >= 0.3 is 0 Å². The Morgan fingerprint density at radius 1 is 1.07 bits per heavy atom. The smallest absolute Gasteiger partial charge is 0.231 e. The van der Waals surface area contributed by atoms with Gasteiger partial charge in [0, 0.05) is 11.4 Å². The number of anilines is 1. The topological polar surface area (TPSA) is 51.0 Å². The lowest BCUT2D eigenvalue weighted by Gasteiger charge is -2.39. The second-order valence-corrected chi connectivity index (χ2v) is 7.18. The van der Waals surface area contributed by atoms with Crippen molar-refractivity contribution in [2.75, 3.05) is 4.90 Å². The SMILES string of the molecule is CCCC(=O)N1c2ncnn2[C@@H](c2ccccc2)C[C@@H]1c1ccc(Cl)cc1. The van der Waals surface area contributed by atoms with Crippen molar-refractivity contribution in [2.45, 2.75) is 38.3 Å². The molecule has 2 aromatic carbocycles. The number of rotatable bonds is 4. The molecular weight excluding hydrogens is 360 g/mol. The van der Waals surface area contributed by atoms with Crippen molar-refractivity contribution in [3.63, 3.8) is 0 Å². The maximum Gasteiger partial charge on any atom is 0.231 e. The highest BCUT2D eigenvalue weighted by Crippen LogP contribution is 2.42. The molecule has 4 rings (SSSR count). The lowest BCUT2D eigenvalue weighted by Crippen LogP contribution is -2.42. The molecule has 0 bridgehead atoms. The van der Waals surface area contributed by atoms with Gasteiger partial charge in [-0.1, -0.05) is 61.0 Å². The Morgan fingerprint density at radius 3 is 2.48 bits per heavy atom. The summed E-state index contributed by atoms with van der Waals surface area (Å²) in [5, 5.41) is 5.12. The van der Waals surface area contributed by atoms with Crippen molar-refractivity contribution in [1.82, 2.24) is 14.8 Å². The first-order valence-corrected chi connectivity index (χ1v) is 9.58. The van der Waals surface area contributed by atoms with E-state index in [1.165, 1.54) is 6.33 Å². The fraction of sp³-hybridized carbons (Fsp3) is 0.286. The molecule has 1 aromatic heterocycles. The summed E-state index contributed by atoms with van der Waals surface area (Å²) in [4.78, 5) is 19.2. The van der Waals surface area contributed by atoms with Gasteiger partial charge in [-0.15, -0.1) is 0 Å². The molecule has 1 aliphatic rings. The van der Waals surface area contributed by atoms with Crippen LogP contribution in [0.5, 0.6) is 0 Å². The van der Waals surface area contributed by atoms with Gasteiger partial charge in [-0.2, -0.15) is 10.1 Å². The zero-order valence-electron chi connectivity index (χ0n) is 15.1. The van der Waals surface area contributed by atoms with E-state index in [0.29, 0.717) is 17.4 Å². The number of nitrogens with zero attached hydrogens (tertiary/aromatic N) is 4. The molecule has 27 heavy (non-hydrogen) atoms. The molecule has 138 valence electrons. The summed E-state index contributed by atoms with van der Waals surface area (Å²) >= 11 is 6.08. The van der Waals surface area contributed by atoms with Crippen LogP contribution in [0.3, 0.4) is 0 Å². The largest absolute Gasteiger partial charge is 0.274 e. The van der Waals surface area contributed by atoms with Crippen LogP contribution in [0, 0.1) is 0 Å². The average Bonchev–Trinajstić information content (AvgIpc) is 3.18. The minimum atomic E-state index is -0.108. The van der Waals surface area contributed by atoms with E-state index in [2.05, 4.69) is 22.2 Å². The van der Waals surface area contributed by atoms with Gasteiger partial charge in [0.15, 0.2) is 0 Å². The number of carbonyl (C=O) groups is 1. The zero-order valence-corrected chi connectivity index (χ0v) is 15.9. The Labute approximate surface area is 163 Å². The van der Waals surface area contributed by atoms with Crippen LogP contribution in [-0.4, -0.2) is 20.7 Å². The molecule has 0 radical (unpaired) electrons. The quantitative estimate of drug-likeness (QED) is 0.653. The van der Waals surface area contributed by atoms with Crippen molar-refractivity contribution in [2.24, 2.45) is 0 Å². The zero-order chi connectivity index (χ0) is 18.8. The van der Waals surface area contributed by atoms with Gasteiger partial charge in [0.1, 0.15) is 6.33 Å². The van der Waals surface area contributed by atoms with E-state index in [0.717, 1.165) is 24.0 Å². The Balaban J connectivity index is 1.82. The van der Waals surface area contributed by atoms with E-state index < -0.39 is 0 Å². The third kappa shape index (κ3) is 3.35. The van der Waals surface area contributed by atoms with Crippen molar-refractivity contribution < 1.29 is 4.79 Å². The summed E-state index contributed by atoms with van der Waals surface area (Å²) in [6.45, 7) is 2.01. The van der Waals surface area contributed by atoms with Crippen LogP contribution < -0.4 is 4.90 Å². The highest BCUT2D eigenvalue weighted by Gasteiger charge is 2.38. The highest BCUT2D eigenvalue weighted by molar-refractivity contribution is 6.30. The first kappa shape index (κ1) is 17.7. The number of aromatic nitrogens is 3. The van der Waals surface area contributed by atoms with Crippen LogP contribution in [-0.2, 0) is 4.79 Å². The van der Waals surface area contributed by atoms with Crippen molar-refractivity contribution in [3.8, 4) is 0 Å². The van der Waals surface area contributed by atoms with Crippen LogP contribution in [0.2, 0.25) is 5.02 Å². The van der Waals surface area contributed by atoms with Crippen molar-refractivity contribution >= 4 is 23.5 Å². The third-order valence-corrected chi connectivity index (χ3v) is 5.25. The lowest BCUT2D eigenvalue weighted by molar-refractivity contribution is -0.119. The fourth-order valence-corrected chi connectivity index (χ4v) is 3.86. The number of halogens is 1. The summed E-state index contributed by atoms with van der Waals surface area (Å²) in [5.41, 5.74) is 2.21. The van der Waals surface area contributed by atoms with Gasteiger partial charge in [-0.05, 0) is 36.1 Å². The maximum atomic E-state index is 13.0. The average molecular weight is 381 g/mol. The normalized spacial score (nSPS) is 19.0. The van der Waals surface area contributed by atoms with E-state index in [4.69, 9.17) is 11.6 Å². The Morgan fingerprint density at radius 2 is 1.78 bits per heavy atom. The van der Waals surface area contributed by atoms with Gasteiger partial charge in [0.2, 0.25) is 11.9 Å². The molecule has 0 fully saturated rings. The molecule has 0 saturated heterocycles. The number of hydrogen-bond acceptors (Lipinski definition) is 3. The van der Waals surface area contributed by atoms with Gasteiger partial charge in [-0.25, -0.2) is 4.68 Å². The van der Waals surface area contributed by atoms with Crippen LogP contribution in [0.25, 0.3) is 0 Å². The monoisotopic (exact) mass is 380 g/mol. The highest BCUT2D eigenvalue weighted by atomic mass is 35.5. The van der Waals surface area contributed by atoms with Gasteiger partial charge in [0.05, 0.1) is 12.1 Å². The molecule has 0 N–H and O–H groups in total. The molecule has 0 unspecified atom stereocenters. The Bertz CT molecular complexity index is 923. The van der Waals surface area contributed by atoms with Crippen molar-refractivity contribution in [1.29, 1.82) is 0 Å². The minimum absolute atomic E-state index is 0.0232. The van der Waals surface area contributed by atoms with Crippen LogP contribution >= 0.6 is 11.6 Å². The molecule has 6 heteroatoms. The summed E-state index contributed by atoms with van der Waals surface area (Å²) < 4.78 is 1.87. The first-order chi connectivity index (χ1) is 13.2. The van der Waals surface area contributed by atoms with E-state index in [1.54, 1.807) is 4.90 Å². The molecule has 2 heterocycles. The Hall–Kier alpha value is -2.66. The molecule has 0 saturated carbocycles. The van der Waals surface area contributed by atoms with E-state index in [1.807, 2.05) is 54.1 Å². The Kier molecular flexibility index (Phi) is 4.94. The number of amides is 1. The summed E-state index contributed by atoms with van der Waals surface area (Å²) in [7, 11) is 0.